The number of aliphatic hydroxyl groups is 1. The molecule has 2 fully saturated rings. The van der Waals surface area contributed by atoms with Gasteiger partial charge in [-0.2, -0.15) is 0 Å². The molecule has 7 rings (SSSR count). The molecule has 2 aliphatic heterocycles. The number of likely N-dealkylation sites (tertiary alicyclic amines) is 1. The van der Waals surface area contributed by atoms with E-state index in [2.05, 4.69) is 49.4 Å². The lowest BCUT2D eigenvalue weighted by Crippen LogP contribution is -2.44. The first-order valence-corrected chi connectivity index (χ1v) is 14.4. The summed E-state index contributed by atoms with van der Waals surface area (Å²) >= 11 is 1.64. The van der Waals surface area contributed by atoms with Crippen molar-refractivity contribution in [1.82, 2.24) is 24.8 Å². The number of benzene rings is 1. The summed E-state index contributed by atoms with van der Waals surface area (Å²) in [5.41, 5.74) is 7.87. The normalized spacial score (nSPS) is 21.2. The number of fused-ring (bicyclic) bond motifs is 2. The minimum Gasteiger partial charge on any atom is -0.396 e. The number of hydrogen-bond donors (Lipinski definition) is 3. The van der Waals surface area contributed by atoms with E-state index in [4.69, 9.17) is 0 Å². The highest BCUT2D eigenvalue weighted by Gasteiger charge is 2.53. The fourth-order valence-corrected chi connectivity index (χ4v) is 6.77. The van der Waals surface area contributed by atoms with Crippen LogP contribution in [0.3, 0.4) is 0 Å². The summed E-state index contributed by atoms with van der Waals surface area (Å²) in [6.45, 7) is 4.40. The van der Waals surface area contributed by atoms with E-state index < -0.39 is 0 Å². The number of nitrogens with zero attached hydrogens (tertiary/aromatic N) is 4. The maximum atomic E-state index is 13.5. The van der Waals surface area contributed by atoms with Gasteiger partial charge in [0.15, 0.2) is 0 Å². The van der Waals surface area contributed by atoms with Crippen molar-refractivity contribution in [1.29, 1.82) is 0 Å². The quantitative estimate of drug-likeness (QED) is 0.324. The molecule has 0 spiro atoms. The first kappa shape index (κ1) is 23.8. The molecule has 1 amide bonds. The zero-order valence-corrected chi connectivity index (χ0v) is 22.1. The molecule has 1 saturated heterocycles. The lowest BCUT2D eigenvalue weighted by Gasteiger charge is -2.32. The van der Waals surface area contributed by atoms with E-state index in [0.29, 0.717) is 18.4 Å². The summed E-state index contributed by atoms with van der Waals surface area (Å²) in [5, 5.41) is 14.1. The Bertz CT molecular complexity index is 1540. The number of hydrogen-bond acceptors (Lipinski definition) is 7. The largest absolute Gasteiger partial charge is 0.396 e. The summed E-state index contributed by atoms with van der Waals surface area (Å²) in [5.74, 6) is 0.674. The number of nitrogens with one attached hydrogen (secondary N) is 2. The highest BCUT2D eigenvalue weighted by molar-refractivity contribution is 7.16. The van der Waals surface area contributed by atoms with E-state index in [1.807, 2.05) is 28.7 Å². The highest BCUT2D eigenvalue weighted by Crippen LogP contribution is 2.49. The number of anilines is 2. The molecule has 3 aliphatic rings. The summed E-state index contributed by atoms with van der Waals surface area (Å²) in [6, 6.07) is 10.4. The van der Waals surface area contributed by atoms with E-state index in [-0.39, 0.29) is 12.0 Å². The van der Waals surface area contributed by atoms with Crippen molar-refractivity contribution in [2.45, 2.75) is 25.7 Å². The third kappa shape index (κ3) is 4.38. The van der Waals surface area contributed by atoms with Crippen LogP contribution < -0.4 is 5.32 Å². The maximum absolute atomic E-state index is 13.5. The first-order valence-electron chi connectivity index (χ1n) is 13.5. The average Bonchev–Trinajstić information content (AvgIpc) is 3.30. The summed E-state index contributed by atoms with van der Waals surface area (Å²) in [4.78, 5) is 30.3. The van der Waals surface area contributed by atoms with Crippen LogP contribution in [0.4, 0.5) is 11.4 Å². The molecule has 0 bridgehead atoms. The zero-order valence-electron chi connectivity index (χ0n) is 21.3. The van der Waals surface area contributed by atoms with Crippen LogP contribution in [0.5, 0.6) is 0 Å². The molecule has 5 heterocycles. The van der Waals surface area contributed by atoms with Gasteiger partial charge in [0.25, 0.3) is 0 Å². The van der Waals surface area contributed by atoms with Gasteiger partial charge in [-0.1, -0.05) is 6.08 Å². The van der Waals surface area contributed by atoms with Crippen molar-refractivity contribution in [3.05, 3.63) is 53.8 Å². The second kappa shape index (κ2) is 9.48. The lowest BCUT2D eigenvalue weighted by atomic mass is 10.00. The van der Waals surface area contributed by atoms with Gasteiger partial charge < -0.3 is 25.2 Å². The Morgan fingerprint density at radius 2 is 2.13 bits per heavy atom. The van der Waals surface area contributed by atoms with Crippen LogP contribution in [0, 0.1) is 11.3 Å². The Morgan fingerprint density at radius 3 is 2.92 bits per heavy atom. The zero-order chi connectivity index (χ0) is 25.7. The highest BCUT2D eigenvalue weighted by atomic mass is 32.1. The number of carbonyl (C=O) groups excluding carboxylic acids is 1. The minimum atomic E-state index is -0.205. The molecule has 3 N–H and O–H groups in total. The predicted octanol–water partition coefficient (Wildman–Crippen LogP) is 4.63. The van der Waals surface area contributed by atoms with Gasteiger partial charge in [0.05, 0.1) is 26.8 Å². The molecule has 38 heavy (non-hydrogen) atoms. The number of H-pyrrole nitrogens is 1. The Labute approximate surface area is 225 Å². The van der Waals surface area contributed by atoms with Crippen molar-refractivity contribution < 1.29 is 9.90 Å². The molecule has 1 aliphatic carbocycles. The van der Waals surface area contributed by atoms with Crippen LogP contribution in [-0.4, -0.2) is 75.1 Å². The third-order valence-corrected chi connectivity index (χ3v) is 9.24. The molecular weight excluding hydrogens is 496 g/mol. The molecule has 3 aromatic heterocycles. The van der Waals surface area contributed by atoms with Crippen molar-refractivity contribution in [3.63, 3.8) is 0 Å². The fraction of sp³-hybridized carbons (Fsp3) is 0.414. The standard InChI is InChI=1S/C29H32N6O2S/c36-16-19-4-10-34(15-19)17-29(7-8-29)28(37)35-11-5-20(6-12-35)25-14-22-23(3-9-30-27(22)33-25)32-21-1-2-24-26(13-21)38-18-31-24/h1-3,5,9,13-14,18-19,36H,4,6-8,10-12,15-17H2,(H2,30,32,33)/t19-/m1/s1. The summed E-state index contributed by atoms with van der Waals surface area (Å²) in [7, 11) is 0. The number of aromatic nitrogens is 3. The maximum Gasteiger partial charge on any atom is 0.230 e. The topological polar surface area (TPSA) is 97.4 Å². The van der Waals surface area contributed by atoms with Crippen LogP contribution in [0.15, 0.2) is 48.1 Å². The van der Waals surface area contributed by atoms with Crippen LogP contribution in [0.25, 0.3) is 26.8 Å². The van der Waals surface area contributed by atoms with Gasteiger partial charge in [-0.05, 0) is 74.1 Å². The van der Waals surface area contributed by atoms with Crippen LogP contribution in [0.1, 0.15) is 31.4 Å². The fourth-order valence-electron chi connectivity index (χ4n) is 6.05. The van der Waals surface area contributed by atoms with E-state index in [1.54, 1.807) is 11.3 Å². The molecule has 8 nitrogen and oxygen atoms in total. The van der Waals surface area contributed by atoms with Crippen molar-refractivity contribution in [2.24, 2.45) is 11.3 Å². The lowest BCUT2D eigenvalue weighted by molar-refractivity contribution is -0.137. The smallest absolute Gasteiger partial charge is 0.230 e. The van der Waals surface area contributed by atoms with Gasteiger partial charge in [-0.25, -0.2) is 9.97 Å². The number of aliphatic hydroxyl groups excluding tert-OH is 1. The summed E-state index contributed by atoms with van der Waals surface area (Å²) in [6.07, 6.45) is 7.86. The second-order valence-corrected chi connectivity index (χ2v) is 11.9. The van der Waals surface area contributed by atoms with Gasteiger partial charge in [-0.3, -0.25) is 4.79 Å². The van der Waals surface area contributed by atoms with Gasteiger partial charge in [0.1, 0.15) is 5.65 Å². The average molecular weight is 529 g/mol. The molecular formula is C29H32N6O2S. The molecule has 4 aromatic rings. The van der Waals surface area contributed by atoms with Gasteiger partial charge in [0.2, 0.25) is 5.91 Å². The molecule has 196 valence electrons. The van der Waals surface area contributed by atoms with Gasteiger partial charge in [-0.15, -0.1) is 11.3 Å². The first-order chi connectivity index (χ1) is 18.6. The molecule has 0 unspecified atom stereocenters. The molecule has 0 radical (unpaired) electrons. The number of thiazole rings is 1. The van der Waals surface area contributed by atoms with Gasteiger partial charge in [0, 0.05) is 55.8 Å². The van der Waals surface area contributed by atoms with Crippen LogP contribution >= 0.6 is 11.3 Å². The van der Waals surface area contributed by atoms with Crippen molar-refractivity contribution in [2.75, 3.05) is 44.6 Å². The van der Waals surface area contributed by atoms with Gasteiger partial charge >= 0.3 is 0 Å². The number of aromatic amines is 1. The van der Waals surface area contributed by atoms with E-state index >= 15 is 0 Å². The Kier molecular flexibility index (Phi) is 5.94. The van der Waals surface area contributed by atoms with E-state index in [1.165, 1.54) is 5.57 Å². The SMILES string of the molecule is O=C(N1CC=C(c2cc3c(Nc4ccc5ncsc5c4)ccnc3[nH]2)CC1)C1(CN2CC[C@@H](CO)C2)CC1. The van der Waals surface area contributed by atoms with Crippen LogP contribution in [0.2, 0.25) is 0 Å². The van der Waals surface area contributed by atoms with E-state index in [9.17, 15) is 9.90 Å². The second-order valence-electron chi connectivity index (χ2n) is 11.0. The number of amides is 1. The number of rotatable bonds is 7. The molecule has 9 heteroatoms. The van der Waals surface area contributed by atoms with E-state index in [0.717, 1.165) is 90.2 Å². The third-order valence-electron chi connectivity index (χ3n) is 8.45. The Morgan fingerprint density at radius 1 is 1.21 bits per heavy atom. The summed E-state index contributed by atoms with van der Waals surface area (Å²) < 4.78 is 1.16. The Balaban J connectivity index is 1.05. The minimum absolute atomic E-state index is 0.205. The number of pyridine rings is 1. The van der Waals surface area contributed by atoms with Crippen molar-refractivity contribution >= 4 is 55.4 Å². The molecule has 1 atom stereocenters. The Hall–Kier alpha value is -3.27. The van der Waals surface area contributed by atoms with Crippen LogP contribution in [-0.2, 0) is 4.79 Å². The molecule has 1 saturated carbocycles. The molecule has 1 aromatic carbocycles. The number of carbonyl (C=O) groups is 1. The van der Waals surface area contributed by atoms with Crippen molar-refractivity contribution in [3.8, 4) is 0 Å². The predicted molar refractivity (Wildman–Crippen MR) is 151 cm³/mol. The monoisotopic (exact) mass is 528 g/mol.